The molecule has 0 N–H and O–H groups in total. The third-order valence-electron chi connectivity index (χ3n) is 11.5. The Hall–Kier alpha value is -1.85. The predicted molar refractivity (Wildman–Crippen MR) is 200 cm³/mol. The average Bonchev–Trinajstić information content (AvgIpc) is 3.61. The first-order valence-electron chi connectivity index (χ1n) is 17.9. The van der Waals surface area contributed by atoms with Crippen molar-refractivity contribution in [2.75, 3.05) is 0 Å². The maximum atomic E-state index is 2.68. The summed E-state index contributed by atoms with van der Waals surface area (Å²) in [5.74, 6) is 0.583. The van der Waals surface area contributed by atoms with Gasteiger partial charge in [-0.15, -0.1) is 0 Å². The van der Waals surface area contributed by atoms with Gasteiger partial charge >= 0.3 is 291 Å². The summed E-state index contributed by atoms with van der Waals surface area (Å²) in [4.78, 5) is 0. The summed E-state index contributed by atoms with van der Waals surface area (Å²) in [6.45, 7) is 39.0. The Labute approximate surface area is 289 Å². The summed E-state index contributed by atoms with van der Waals surface area (Å²) in [6, 6.07) is 10.5. The Morgan fingerprint density at radius 2 is 1.30 bits per heavy atom. The molecule has 4 aliphatic carbocycles. The fourth-order valence-electron chi connectivity index (χ4n) is 9.08. The molecule has 4 aliphatic rings. The molecular formula is C45H60Zr. The van der Waals surface area contributed by atoms with Gasteiger partial charge in [-0.05, 0) is 0 Å². The molecule has 0 saturated carbocycles. The quantitative estimate of drug-likeness (QED) is 0.256. The molecule has 0 nitrogen and oxygen atoms in total. The van der Waals surface area contributed by atoms with Crippen LogP contribution in [0.25, 0.3) is 22.3 Å². The van der Waals surface area contributed by atoms with Crippen molar-refractivity contribution in [3.63, 3.8) is 0 Å². The van der Waals surface area contributed by atoms with Gasteiger partial charge in [0.25, 0.3) is 0 Å². The second-order valence-corrected chi connectivity index (χ2v) is 26.3. The molecule has 2 aromatic rings. The molecule has 0 aromatic heterocycles. The molecule has 0 fully saturated rings. The van der Waals surface area contributed by atoms with Crippen molar-refractivity contribution in [3.05, 3.63) is 88.0 Å². The van der Waals surface area contributed by atoms with Crippen LogP contribution in [0.15, 0.2) is 54.6 Å². The Bertz CT molecular complexity index is 1830. The monoisotopic (exact) mass is 690 g/mol. The third kappa shape index (κ3) is 5.20. The molecule has 1 heteroatoms. The van der Waals surface area contributed by atoms with Crippen molar-refractivity contribution in [2.45, 2.75) is 134 Å². The van der Waals surface area contributed by atoms with Crippen molar-refractivity contribution >= 4 is 14.4 Å². The van der Waals surface area contributed by atoms with E-state index < -0.39 is 21.3 Å². The fraction of sp³-hybridized carbons (Fsp3) is 0.533. The Morgan fingerprint density at radius 3 is 1.80 bits per heavy atom. The van der Waals surface area contributed by atoms with Crippen molar-refractivity contribution in [3.8, 4) is 11.1 Å². The summed E-state index contributed by atoms with van der Waals surface area (Å²) in [6.07, 6.45) is 10.1. The van der Waals surface area contributed by atoms with Crippen molar-refractivity contribution in [1.82, 2.24) is 0 Å². The molecule has 0 bridgehead atoms. The summed E-state index contributed by atoms with van der Waals surface area (Å²) in [5, 5.41) is 0. The second-order valence-electron chi connectivity index (χ2n) is 19.3. The van der Waals surface area contributed by atoms with Crippen LogP contribution in [0.3, 0.4) is 0 Å². The van der Waals surface area contributed by atoms with Gasteiger partial charge < -0.3 is 0 Å². The van der Waals surface area contributed by atoms with Gasteiger partial charge in [0.05, 0.1) is 0 Å². The number of benzene rings is 2. The van der Waals surface area contributed by atoms with Crippen LogP contribution < -0.4 is 0 Å². The zero-order chi connectivity index (χ0) is 34.1. The molecule has 1 unspecified atom stereocenters. The predicted octanol–water partition coefficient (Wildman–Crippen LogP) is 12.8. The van der Waals surface area contributed by atoms with E-state index in [9.17, 15) is 0 Å². The van der Waals surface area contributed by atoms with Crippen LogP contribution in [0.4, 0.5) is 0 Å². The first-order valence-corrected chi connectivity index (χ1v) is 21.6. The van der Waals surface area contributed by atoms with E-state index in [4.69, 9.17) is 0 Å². The summed E-state index contributed by atoms with van der Waals surface area (Å²) < 4.78 is 5.36. The molecular weight excluding hydrogens is 632 g/mol. The molecule has 1 atom stereocenters. The molecule has 46 heavy (non-hydrogen) atoms. The molecule has 0 heterocycles. The van der Waals surface area contributed by atoms with Crippen molar-refractivity contribution < 1.29 is 21.3 Å². The first kappa shape index (κ1) is 34.0. The summed E-state index contributed by atoms with van der Waals surface area (Å²) in [7, 11) is 0. The van der Waals surface area contributed by atoms with Crippen LogP contribution in [0.2, 0.25) is 0 Å². The SMILES string of the molecule is CCC1C=C(C(C)(C)C)C=[C]1[Zr]([C]1=C(C(C)(C)C)c2cc3c(cc2C1(C)C)Cc1cc2c(cc1-3)C(C(C)(C)C)=CC2(C)C)=[C](C)C. The number of allylic oxidation sites excluding steroid dienone is 8. The van der Waals surface area contributed by atoms with Gasteiger partial charge in [0, 0.05) is 0 Å². The maximum absolute atomic E-state index is 2.68. The van der Waals surface area contributed by atoms with Crippen molar-refractivity contribution in [2.24, 2.45) is 22.2 Å². The van der Waals surface area contributed by atoms with E-state index in [1.165, 1.54) is 45.4 Å². The Kier molecular flexibility index (Phi) is 7.82. The van der Waals surface area contributed by atoms with Crippen LogP contribution in [0.5, 0.6) is 0 Å². The van der Waals surface area contributed by atoms with Gasteiger partial charge in [0.1, 0.15) is 0 Å². The van der Waals surface area contributed by atoms with Gasteiger partial charge in [0.15, 0.2) is 0 Å². The zero-order valence-corrected chi connectivity index (χ0v) is 34.5. The molecule has 2 aromatic carbocycles. The van der Waals surface area contributed by atoms with Crippen LogP contribution in [0, 0.1) is 22.2 Å². The van der Waals surface area contributed by atoms with Gasteiger partial charge in [-0.1, -0.05) is 0 Å². The van der Waals surface area contributed by atoms with E-state index in [0.29, 0.717) is 5.92 Å². The number of rotatable bonds is 3. The van der Waals surface area contributed by atoms with Crippen LogP contribution in [-0.4, -0.2) is 3.21 Å². The second kappa shape index (κ2) is 10.6. The van der Waals surface area contributed by atoms with Gasteiger partial charge in [-0.2, -0.15) is 0 Å². The van der Waals surface area contributed by atoms with Crippen molar-refractivity contribution in [1.29, 1.82) is 0 Å². The van der Waals surface area contributed by atoms with Crippen LogP contribution >= 0.6 is 0 Å². The zero-order valence-electron chi connectivity index (χ0n) is 32.0. The molecule has 6 rings (SSSR count). The normalized spacial score (nSPS) is 21.0. The third-order valence-corrected chi connectivity index (χ3v) is 20.0. The number of hydrogen-bond donors (Lipinski definition) is 0. The fourth-order valence-corrected chi connectivity index (χ4v) is 18.5. The molecule has 0 saturated heterocycles. The average molecular weight is 692 g/mol. The van der Waals surface area contributed by atoms with Gasteiger partial charge in [-0.3, -0.25) is 0 Å². The summed E-state index contributed by atoms with van der Waals surface area (Å²) >= 11 is -2.42. The standard InChI is InChI=1S/C31H37.C11H17.C3H6.Zr/c1-28(2,3)26-16-30(7,8)24-12-18-11-19-13-25-23(15-21(19)20(18)14-22(24)26)27(29(4,5)6)17-31(25,9)10;1-5-9-6-7-10(8-9)11(2,3)4;1-3-2;/h12-16H,11H2,1-10H3;7-9H,5H2,1-4H3;1-2H3;. The minimum atomic E-state index is -2.42. The van der Waals surface area contributed by atoms with Gasteiger partial charge in [-0.25, -0.2) is 0 Å². The summed E-state index contributed by atoms with van der Waals surface area (Å²) in [5.41, 5.74) is 17.3. The number of fused-ring (bicyclic) bond motifs is 5. The molecule has 0 amide bonds. The van der Waals surface area contributed by atoms with E-state index in [1.807, 2.05) is 6.56 Å². The van der Waals surface area contributed by atoms with E-state index in [-0.39, 0.29) is 27.1 Å². The van der Waals surface area contributed by atoms with E-state index >= 15 is 0 Å². The molecule has 0 spiro atoms. The molecule has 0 radical (unpaired) electrons. The van der Waals surface area contributed by atoms with E-state index in [1.54, 1.807) is 25.5 Å². The topological polar surface area (TPSA) is 0 Å². The molecule has 0 aliphatic heterocycles. The van der Waals surface area contributed by atoms with E-state index in [0.717, 1.165) is 6.42 Å². The molecule has 244 valence electrons. The van der Waals surface area contributed by atoms with Gasteiger partial charge in [0.2, 0.25) is 0 Å². The Morgan fingerprint density at radius 1 is 0.739 bits per heavy atom. The van der Waals surface area contributed by atoms with E-state index in [2.05, 4.69) is 153 Å². The Balaban J connectivity index is 1.58. The van der Waals surface area contributed by atoms with Crippen LogP contribution in [-0.2, 0) is 38.5 Å². The minimum absolute atomic E-state index is 0.0311. The van der Waals surface area contributed by atoms with Crippen LogP contribution in [0.1, 0.15) is 151 Å². The number of hydrogen-bond acceptors (Lipinski definition) is 0. The first-order chi connectivity index (χ1) is 21.0.